The number of hydrogen-bond donors (Lipinski definition) is 2. The lowest BCUT2D eigenvalue weighted by atomic mass is 9.97. The molecule has 0 aliphatic carbocycles. The zero-order chi connectivity index (χ0) is 13.4. The predicted octanol–water partition coefficient (Wildman–Crippen LogP) is 2.51. The fourth-order valence-corrected chi connectivity index (χ4v) is 1.76. The number of hydrogen-bond acceptors (Lipinski definition) is 3. The summed E-state index contributed by atoms with van der Waals surface area (Å²) < 4.78 is 5.69. The third kappa shape index (κ3) is 5.52. The minimum atomic E-state index is -0.456. The highest BCUT2D eigenvalue weighted by atomic mass is 16.5. The number of nitrogens with two attached hydrogens (primary N) is 1. The van der Waals surface area contributed by atoms with Gasteiger partial charge < -0.3 is 15.6 Å². The molecule has 0 amide bonds. The van der Waals surface area contributed by atoms with Crippen molar-refractivity contribution in [1.29, 1.82) is 0 Å². The molecule has 0 fully saturated rings. The number of unbranched alkanes of at least 4 members (excludes halogenated alkanes) is 1. The van der Waals surface area contributed by atoms with Crippen molar-refractivity contribution < 1.29 is 9.84 Å². The molecule has 3 N–H and O–H groups in total. The molecule has 0 aromatic heterocycles. The first-order chi connectivity index (χ1) is 8.57. The molecule has 0 radical (unpaired) electrons. The average Bonchev–Trinajstić information content (AvgIpc) is 2.38. The molecule has 1 aromatic rings. The molecular formula is C15H25NO2. The molecule has 0 aliphatic rings. The topological polar surface area (TPSA) is 55.5 Å². The van der Waals surface area contributed by atoms with Crippen LogP contribution >= 0.6 is 0 Å². The van der Waals surface area contributed by atoms with Crippen molar-refractivity contribution in [3.05, 3.63) is 29.8 Å². The van der Waals surface area contributed by atoms with Gasteiger partial charge in [-0.05, 0) is 50.3 Å². The van der Waals surface area contributed by atoms with Gasteiger partial charge in [0.2, 0.25) is 0 Å². The van der Waals surface area contributed by atoms with Crippen molar-refractivity contribution >= 4 is 0 Å². The Morgan fingerprint density at radius 2 is 2.11 bits per heavy atom. The molecule has 102 valence electrons. The van der Waals surface area contributed by atoms with Gasteiger partial charge in [-0.2, -0.15) is 0 Å². The molecule has 0 saturated carbocycles. The van der Waals surface area contributed by atoms with Gasteiger partial charge in [-0.3, -0.25) is 0 Å². The van der Waals surface area contributed by atoms with E-state index in [-0.39, 0.29) is 6.61 Å². The van der Waals surface area contributed by atoms with Gasteiger partial charge >= 0.3 is 0 Å². The monoisotopic (exact) mass is 251 g/mol. The summed E-state index contributed by atoms with van der Waals surface area (Å²) in [6.07, 6.45) is 3.78. The third-order valence-electron chi connectivity index (χ3n) is 3.08. The van der Waals surface area contributed by atoms with Gasteiger partial charge in [-0.15, -0.1) is 0 Å². The van der Waals surface area contributed by atoms with Crippen molar-refractivity contribution in [2.45, 2.75) is 45.1 Å². The number of aryl methyl sites for hydroxylation is 1. The van der Waals surface area contributed by atoms with Crippen molar-refractivity contribution in [1.82, 2.24) is 0 Å². The Morgan fingerprint density at radius 3 is 2.78 bits per heavy atom. The molecule has 1 rings (SSSR count). The number of benzene rings is 1. The number of rotatable bonds is 8. The second-order valence-electron chi connectivity index (χ2n) is 5.12. The second-order valence-corrected chi connectivity index (χ2v) is 5.12. The molecule has 1 unspecified atom stereocenters. The maximum Gasteiger partial charge on any atom is 0.119 e. The van der Waals surface area contributed by atoms with E-state index in [0.29, 0.717) is 6.61 Å². The summed E-state index contributed by atoms with van der Waals surface area (Å²) in [7, 11) is 0. The van der Waals surface area contributed by atoms with E-state index in [2.05, 4.69) is 19.1 Å². The fourth-order valence-electron chi connectivity index (χ4n) is 1.76. The molecule has 0 aliphatic heterocycles. The largest absolute Gasteiger partial charge is 0.494 e. The van der Waals surface area contributed by atoms with Crippen molar-refractivity contribution in [3.63, 3.8) is 0 Å². The van der Waals surface area contributed by atoms with Crippen LogP contribution in [-0.4, -0.2) is 23.9 Å². The first kappa shape index (κ1) is 15.0. The van der Waals surface area contributed by atoms with Crippen LogP contribution in [0.25, 0.3) is 0 Å². The summed E-state index contributed by atoms with van der Waals surface area (Å²) in [6.45, 7) is 4.75. The van der Waals surface area contributed by atoms with Crippen LogP contribution < -0.4 is 10.5 Å². The molecule has 3 nitrogen and oxygen atoms in total. The smallest absolute Gasteiger partial charge is 0.119 e. The van der Waals surface area contributed by atoms with E-state index in [4.69, 9.17) is 15.6 Å². The van der Waals surface area contributed by atoms with Gasteiger partial charge in [0.25, 0.3) is 0 Å². The van der Waals surface area contributed by atoms with Crippen LogP contribution in [0.15, 0.2) is 24.3 Å². The Kier molecular flexibility index (Phi) is 6.16. The summed E-state index contributed by atoms with van der Waals surface area (Å²) in [4.78, 5) is 0. The molecule has 1 aromatic carbocycles. The van der Waals surface area contributed by atoms with Gasteiger partial charge in [0.05, 0.1) is 13.2 Å². The van der Waals surface area contributed by atoms with Crippen LogP contribution in [0.3, 0.4) is 0 Å². The van der Waals surface area contributed by atoms with E-state index < -0.39 is 5.54 Å². The van der Waals surface area contributed by atoms with Crippen molar-refractivity contribution in [2.24, 2.45) is 5.73 Å². The van der Waals surface area contributed by atoms with Gasteiger partial charge in [0, 0.05) is 5.54 Å². The zero-order valence-electron chi connectivity index (χ0n) is 11.5. The maximum atomic E-state index is 9.03. The molecule has 0 spiro atoms. The van der Waals surface area contributed by atoms with Gasteiger partial charge in [-0.1, -0.05) is 19.1 Å². The Labute approximate surface area is 110 Å². The third-order valence-corrected chi connectivity index (χ3v) is 3.08. The molecule has 18 heavy (non-hydrogen) atoms. The summed E-state index contributed by atoms with van der Waals surface area (Å²) in [5, 5.41) is 9.03. The Bertz CT molecular complexity index is 350. The molecule has 1 atom stereocenters. The average molecular weight is 251 g/mol. The first-order valence-electron chi connectivity index (χ1n) is 6.69. The molecule has 0 saturated heterocycles. The standard InChI is InChI=1S/C15H25NO2/c1-3-13-7-6-8-14(11-13)18-10-5-4-9-15(2,16)12-17/h6-8,11,17H,3-5,9-10,12,16H2,1-2H3. The van der Waals surface area contributed by atoms with Crippen LogP contribution in [-0.2, 0) is 6.42 Å². The van der Waals surface area contributed by atoms with Gasteiger partial charge in [-0.25, -0.2) is 0 Å². The quantitative estimate of drug-likeness (QED) is 0.698. The van der Waals surface area contributed by atoms with Crippen LogP contribution in [0.4, 0.5) is 0 Å². The van der Waals surface area contributed by atoms with Crippen LogP contribution in [0.1, 0.15) is 38.7 Å². The van der Waals surface area contributed by atoms with Crippen LogP contribution in [0.2, 0.25) is 0 Å². The number of ether oxygens (including phenoxy) is 1. The minimum Gasteiger partial charge on any atom is -0.494 e. The Morgan fingerprint density at radius 1 is 1.33 bits per heavy atom. The lowest BCUT2D eigenvalue weighted by molar-refractivity contribution is 0.194. The fraction of sp³-hybridized carbons (Fsp3) is 0.600. The first-order valence-corrected chi connectivity index (χ1v) is 6.69. The van der Waals surface area contributed by atoms with Crippen LogP contribution in [0.5, 0.6) is 5.75 Å². The maximum absolute atomic E-state index is 9.03. The highest BCUT2D eigenvalue weighted by Gasteiger charge is 2.15. The van der Waals surface area contributed by atoms with Gasteiger partial charge in [0.1, 0.15) is 5.75 Å². The predicted molar refractivity (Wildman–Crippen MR) is 74.8 cm³/mol. The Hall–Kier alpha value is -1.06. The molecule has 0 bridgehead atoms. The van der Waals surface area contributed by atoms with Gasteiger partial charge in [0.15, 0.2) is 0 Å². The van der Waals surface area contributed by atoms with E-state index in [1.165, 1.54) is 5.56 Å². The van der Waals surface area contributed by atoms with Crippen LogP contribution in [0, 0.1) is 0 Å². The normalized spacial score (nSPS) is 14.2. The molecule has 0 heterocycles. The SMILES string of the molecule is CCc1cccc(OCCCCC(C)(N)CO)c1. The second kappa shape index (κ2) is 7.39. The number of aliphatic hydroxyl groups is 1. The molecular weight excluding hydrogens is 226 g/mol. The zero-order valence-corrected chi connectivity index (χ0v) is 11.5. The van der Waals surface area contributed by atoms with E-state index >= 15 is 0 Å². The Balaban J connectivity index is 2.21. The summed E-state index contributed by atoms with van der Waals surface area (Å²) in [5.41, 5.74) is 6.69. The lowest BCUT2D eigenvalue weighted by Crippen LogP contribution is -2.39. The van der Waals surface area contributed by atoms with E-state index in [9.17, 15) is 0 Å². The van der Waals surface area contributed by atoms with E-state index in [0.717, 1.165) is 31.4 Å². The summed E-state index contributed by atoms with van der Waals surface area (Å²) in [5.74, 6) is 0.937. The highest BCUT2D eigenvalue weighted by Crippen LogP contribution is 2.15. The summed E-state index contributed by atoms with van der Waals surface area (Å²) >= 11 is 0. The molecule has 3 heteroatoms. The van der Waals surface area contributed by atoms with Crippen molar-refractivity contribution in [2.75, 3.05) is 13.2 Å². The van der Waals surface area contributed by atoms with Crippen molar-refractivity contribution in [3.8, 4) is 5.75 Å². The highest BCUT2D eigenvalue weighted by molar-refractivity contribution is 5.28. The minimum absolute atomic E-state index is 0.0341. The van der Waals surface area contributed by atoms with E-state index in [1.807, 2.05) is 19.1 Å². The lowest BCUT2D eigenvalue weighted by Gasteiger charge is -2.21. The summed E-state index contributed by atoms with van der Waals surface area (Å²) in [6, 6.07) is 8.20. The van der Waals surface area contributed by atoms with E-state index in [1.54, 1.807) is 0 Å². The number of aliphatic hydroxyl groups excluding tert-OH is 1.